The molecule has 0 aliphatic rings. The second-order valence-corrected chi connectivity index (χ2v) is 4.96. The van der Waals surface area contributed by atoms with Gasteiger partial charge in [-0.15, -0.1) is 0 Å². The van der Waals surface area contributed by atoms with Gasteiger partial charge in [-0.1, -0.05) is 23.2 Å². The molecule has 0 spiro atoms. The minimum atomic E-state index is -0.930. The normalized spacial score (nSPS) is 12.1. The Hall–Kier alpha value is -1.74. The molecule has 4 heteroatoms. The van der Waals surface area contributed by atoms with Crippen LogP contribution in [0.5, 0.6) is 0 Å². The van der Waals surface area contributed by atoms with Gasteiger partial charge in [0.1, 0.15) is 5.15 Å². The van der Waals surface area contributed by atoms with Crippen molar-refractivity contribution in [2.24, 2.45) is 0 Å². The van der Waals surface area contributed by atoms with E-state index in [1.807, 2.05) is 36.6 Å². The van der Waals surface area contributed by atoms with Gasteiger partial charge < -0.3 is 9.67 Å². The fourth-order valence-corrected chi connectivity index (χ4v) is 2.55. The minimum absolute atomic E-state index is 0.276. The molecule has 3 nitrogen and oxygen atoms in total. The molecule has 2 rings (SSSR count). The number of rotatable bonds is 3. The van der Waals surface area contributed by atoms with E-state index >= 15 is 0 Å². The SMILES string of the molecule is CCn1c(Cl)c(/C=C(\C)C(=O)O)c2cc(C)ccc21. The number of hydrogen-bond donors (Lipinski definition) is 1. The van der Waals surface area contributed by atoms with Gasteiger partial charge in [-0.2, -0.15) is 0 Å². The topological polar surface area (TPSA) is 42.2 Å². The molecular weight excluding hydrogens is 262 g/mol. The van der Waals surface area contributed by atoms with Crippen molar-refractivity contribution < 1.29 is 9.90 Å². The summed E-state index contributed by atoms with van der Waals surface area (Å²) in [4.78, 5) is 11.0. The summed E-state index contributed by atoms with van der Waals surface area (Å²) in [5.74, 6) is -0.930. The van der Waals surface area contributed by atoms with Crippen molar-refractivity contribution in [2.75, 3.05) is 0 Å². The standard InChI is InChI=1S/C15H16ClNO2/c1-4-17-13-6-5-9(2)7-11(13)12(14(17)16)8-10(3)15(18)19/h5-8H,4H2,1-3H3,(H,18,19)/b10-8+. The van der Waals surface area contributed by atoms with Crippen LogP contribution in [0.25, 0.3) is 17.0 Å². The Kier molecular flexibility index (Phi) is 3.67. The smallest absolute Gasteiger partial charge is 0.331 e. The molecule has 0 saturated heterocycles. The van der Waals surface area contributed by atoms with Gasteiger partial charge in [-0.25, -0.2) is 4.79 Å². The lowest BCUT2D eigenvalue weighted by atomic mass is 10.1. The molecule has 0 radical (unpaired) electrons. The molecule has 2 aromatic rings. The van der Waals surface area contributed by atoms with E-state index in [-0.39, 0.29) is 5.57 Å². The van der Waals surface area contributed by atoms with Crippen molar-refractivity contribution in [3.63, 3.8) is 0 Å². The van der Waals surface area contributed by atoms with E-state index in [4.69, 9.17) is 16.7 Å². The molecule has 0 saturated carbocycles. The molecule has 1 heterocycles. The number of carbonyl (C=O) groups is 1. The maximum atomic E-state index is 11.0. The fourth-order valence-electron chi connectivity index (χ4n) is 2.19. The lowest BCUT2D eigenvalue weighted by Crippen LogP contribution is -1.96. The molecule has 1 aromatic heterocycles. The van der Waals surface area contributed by atoms with Gasteiger partial charge in [-0.3, -0.25) is 0 Å². The first-order chi connectivity index (χ1) is 8.95. The van der Waals surface area contributed by atoms with E-state index < -0.39 is 5.97 Å². The molecule has 0 bridgehead atoms. The summed E-state index contributed by atoms with van der Waals surface area (Å²) in [7, 11) is 0. The highest BCUT2D eigenvalue weighted by Gasteiger charge is 2.14. The first-order valence-corrected chi connectivity index (χ1v) is 6.53. The molecule has 0 fully saturated rings. The summed E-state index contributed by atoms with van der Waals surface area (Å²) >= 11 is 6.38. The molecule has 100 valence electrons. The maximum Gasteiger partial charge on any atom is 0.331 e. The Bertz CT molecular complexity index is 683. The zero-order valence-corrected chi connectivity index (χ0v) is 12.0. The van der Waals surface area contributed by atoms with E-state index in [2.05, 4.69) is 0 Å². The lowest BCUT2D eigenvalue weighted by Gasteiger charge is -2.02. The summed E-state index contributed by atoms with van der Waals surface area (Å²) in [6.07, 6.45) is 1.64. The van der Waals surface area contributed by atoms with Gasteiger partial charge in [0.15, 0.2) is 0 Å². The second-order valence-electron chi connectivity index (χ2n) is 4.60. The predicted molar refractivity (Wildman–Crippen MR) is 78.6 cm³/mol. The Morgan fingerprint density at radius 2 is 2.16 bits per heavy atom. The zero-order valence-electron chi connectivity index (χ0n) is 11.2. The van der Waals surface area contributed by atoms with E-state index in [9.17, 15) is 4.79 Å². The number of carboxylic acid groups (broad SMARTS) is 1. The van der Waals surface area contributed by atoms with E-state index in [1.54, 1.807) is 13.0 Å². The summed E-state index contributed by atoms with van der Waals surface area (Å²) in [6.45, 7) is 6.35. The summed E-state index contributed by atoms with van der Waals surface area (Å²) < 4.78 is 1.98. The average molecular weight is 278 g/mol. The molecule has 19 heavy (non-hydrogen) atoms. The van der Waals surface area contributed by atoms with Crippen LogP contribution in [0.3, 0.4) is 0 Å². The first-order valence-electron chi connectivity index (χ1n) is 6.15. The van der Waals surface area contributed by atoms with Crippen LogP contribution in [-0.4, -0.2) is 15.6 Å². The summed E-state index contributed by atoms with van der Waals surface area (Å²) in [5.41, 5.74) is 3.21. The number of aromatic nitrogens is 1. The number of nitrogens with zero attached hydrogens (tertiary/aromatic N) is 1. The molecule has 0 aliphatic carbocycles. The molecule has 0 unspecified atom stereocenters. The zero-order chi connectivity index (χ0) is 14.2. The van der Waals surface area contributed by atoms with E-state index in [0.29, 0.717) is 5.15 Å². The fraction of sp³-hybridized carbons (Fsp3) is 0.267. The molecular formula is C15H16ClNO2. The lowest BCUT2D eigenvalue weighted by molar-refractivity contribution is -0.132. The maximum absolute atomic E-state index is 11.0. The molecule has 0 aliphatic heterocycles. The van der Waals surface area contributed by atoms with Crippen LogP contribution in [0, 0.1) is 6.92 Å². The molecule has 0 atom stereocenters. The Labute approximate surface area is 117 Å². The Morgan fingerprint density at radius 1 is 1.47 bits per heavy atom. The first kappa shape index (κ1) is 13.7. The predicted octanol–water partition coefficient (Wildman–Crippen LogP) is 4.11. The van der Waals surface area contributed by atoms with Gasteiger partial charge in [0.2, 0.25) is 0 Å². The molecule has 0 amide bonds. The van der Waals surface area contributed by atoms with Crippen molar-refractivity contribution >= 4 is 34.5 Å². The highest BCUT2D eigenvalue weighted by atomic mass is 35.5. The van der Waals surface area contributed by atoms with Crippen molar-refractivity contribution in [1.29, 1.82) is 0 Å². The van der Waals surface area contributed by atoms with Crippen LogP contribution in [0.15, 0.2) is 23.8 Å². The number of benzene rings is 1. The number of aryl methyl sites for hydroxylation is 2. The van der Waals surface area contributed by atoms with Crippen molar-refractivity contribution in [3.8, 4) is 0 Å². The largest absolute Gasteiger partial charge is 0.478 e. The monoisotopic (exact) mass is 277 g/mol. The van der Waals surface area contributed by atoms with Crippen LogP contribution in [0.4, 0.5) is 0 Å². The second kappa shape index (κ2) is 5.10. The third-order valence-corrected chi connectivity index (χ3v) is 3.61. The van der Waals surface area contributed by atoms with Gasteiger partial charge in [0, 0.05) is 28.6 Å². The number of aliphatic carboxylic acids is 1. The third-order valence-electron chi connectivity index (χ3n) is 3.21. The van der Waals surface area contributed by atoms with Gasteiger partial charge in [-0.05, 0) is 39.0 Å². The van der Waals surface area contributed by atoms with Crippen LogP contribution < -0.4 is 0 Å². The van der Waals surface area contributed by atoms with Crippen LogP contribution in [-0.2, 0) is 11.3 Å². The van der Waals surface area contributed by atoms with Crippen LogP contribution in [0.1, 0.15) is 25.0 Å². The van der Waals surface area contributed by atoms with Gasteiger partial charge in [0.05, 0.1) is 0 Å². The van der Waals surface area contributed by atoms with E-state index in [1.165, 1.54) is 0 Å². The quantitative estimate of drug-likeness (QED) is 0.858. The number of halogens is 1. The molecule has 1 aromatic carbocycles. The minimum Gasteiger partial charge on any atom is -0.478 e. The van der Waals surface area contributed by atoms with Crippen LogP contribution >= 0.6 is 11.6 Å². The highest BCUT2D eigenvalue weighted by molar-refractivity contribution is 6.33. The molecule has 1 N–H and O–H groups in total. The van der Waals surface area contributed by atoms with Gasteiger partial charge in [0.25, 0.3) is 0 Å². The Balaban J connectivity index is 2.79. The third kappa shape index (κ3) is 2.38. The Morgan fingerprint density at radius 3 is 2.74 bits per heavy atom. The number of fused-ring (bicyclic) bond motifs is 1. The number of carboxylic acids is 1. The average Bonchev–Trinajstić information content (AvgIpc) is 2.61. The van der Waals surface area contributed by atoms with Crippen LogP contribution in [0.2, 0.25) is 5.15 Å². The van der Waals surface area contributed by atoms with Crippen molar-refractivity contribution in [3.05, 3.63) is 40.1 Å². The van der Waals surface area contributed by atoms with E-state index in [0.717, 1.165) is 28.6 Å². The van der Waals surface area contributed by atoms with Crippen molar-refractivity contribution in [1.82, 2.24) is 4.57 Å². The summed E-state index contributed by atoms with van der Waals surface area (Å²) in [5, 5.41) is 10.6. The summed E-state index contributed by atoms with van der Waals surface area (Å²) in [6, 6.07) is 6.09. The van der Waals surface area contributed by atoms with Gasteiger partial charge >= 0.3 is 5.97 Å². The highest BCUT2D eigenvalue weighted by Crippen LogP contribution is 2.32. The number of hydrogen-bond acceptors (Lipinski definition) is 1. The van der Waals surface area contributed by atoms with Crippen molar-refractivity contribution in [2.45, 2.75) is 27.3 Å².